The standard InChI is InChI=1S/C14H17O2.Hg/c1-9-4-5-10(2)14(11(9)3)12-6-7-13(15)16-8-12;/h5,12H,6-8H2,1-3H3;/t12-;/m0./s1. The number of hydrogen-bond donors (Lipinski definition) is 0. The summed E-state index contributed by atoms with van der Waals surface area (Å²) in [6.07, 6.45) is 1.50. The van der Waals surface area contributed by atoms with Gasteiger partial charge >= 0.3 is 119 Å². The molecule has 0 aliphatic carbocycles. The monoisotopic (exact) mass is 419 g/mol. The molecule has 1 fully saturated rings. The van der Waals surface area contributed by atoms with E-state index >= 15 is 0 Å². The SMILES string of the molecule is Cc1c[c]([Hg])c(C)c(C)c1[C@H]1CCC(=O)OC1. The van der Waals surface area contributed by atoms with Gasteiger partial charge in [-0.15, -0.1) is 0 Å². The molecular formula is C14H17HgO2. The summed E-state index contributed by atoms with van der Waals surface area (Å²) in [7, 11) is 0. The number of aryl methyl sites for hydroxylation is 1. The topological polar surface area (TPSA) is 26.3 Å². The molecule has 0 saturated carbocycles. The van der Waals surface area contributed by atoms with Gasteiger partial charge in [-0.25, -0.2) is 0 Å². The van der Waals surface area contributed by atoms with Crippen molar-refractivity contribution in [2.75, 3.05) is 6.61 Å². The number of benzene rings is 1. The summed E-state index contributed by atoms with van der Waals surface area (Å²) < 4.78 is 6.74. The summed E-state index contributed by atoms with van der Waals surface area (Å²) in [5.41, 5.74) is 5.66. The third-order valence-electron chi connectivity index (χ3n) is 3.81. The average molecular weight is 418 g/mol. The summed E-state index contributed by atoms with van der Waals surface area (Å²) in [6, 6.07) is 2.33. The Bertz CT molecular complexity index is 456. The van der Waals surface area contributed by atoms with Gasteiger partial charge in [-0.3, -0.25) is 0 Å². The van der Waals surface area contributed by atoms with Crippen molar-refractivity contribution < 1.29 is 35.7 Å². The van der Waals surface area contributed by atoms with Crippen LogP contribution in [0.25, 0.3) is 0 Å². The Labute approximate surface area is 119 Å². The van der Waals surface area contributed by atoms with Gasteiger partial charge in [0.25, 0.3) is 0 Å². The van der Waals surface area contributed by atoms with E-state index in [4.69, 9.17) is 4.74 Å². The van der Waals surface area contributed by atoms with Crippen molar-refractivity contribution in [2.45, 2.75) is 39.5 Å². The van der Waals surface area contributed by atoms with Crippen molar-refractivity contribution in [1.82, 2.24) is 0 Å². The van der Waals surface area contributed by atoms with Crippen LogP contribution in [-0.4, -0.2) is 12.6 Å². The minimum atomic E-state index is -0.0456. The third kappa shape index (κ3) is 2.57. The molecule has 1 aromatic carbocycles. The molecule has 1 aromatic rings. The number of ether oxygens (including phenoxy) is 1. The van der Waals surface area contributed by atoms with E-state index in [2.05, 4.69) is 26.8 Å². The first-order chi connectivity index (χ1) is 8.00. The van der Waals surface area contributed by atoms with Gasteiger partial charge in [0.2, 0.25) is 0 Å². The Balaban J connectivity index is 2.38. The molecule has 0 unspecified atom stereocenters. The maximum atomic E-state index is 11.1. The number of esters is 1. The summed E-state index contributed by atoms with van der Waals surface area (Å²) in [5, 5.41) is 0. The molecule has 0 radical (unpaired) electrons. The zero-order valence-electron chi connectivity index (χ0n) is 10.8. The molecule has 87 valence electrons. The fraction of sp³-hybridized carbons (Fsp3) is 0.500. The van der Waals surface area contributed by atoms with Crippen LogP contribution in [0.4, 0.5) is 0 Å². The molecule has 0 N–H and O–H groups in total. The second-order valence-corrected chi connectivity index (χ2v) is 7.90. The van der Waals surface area contributed by atoms with Gasteiger partial charge in [0, 0.05) is 0 Å². The van der Waals surface area contributed by atoms with E-state index in [0.29, 0.717) is 45.1 Å². The van der Waals surface area contributed by atoms with Crippen LogP contribution in [0.5, 0.6) is 0 Å². The van der Waals surface area contributed by atoms with Crippen molar-refractivity contribution in [3.63, 3.8) is 0 Å². The molecule has 17 heavy (non-hydrogen) atoms. The third-order valence-corrected chi connectivity index (χ3v) is 6.67. The molecule has 0 bridgehead atoms. The number of hydrogen-bond acceptors (Lipinski definition) is 2. The normalized spacial score (nSPS) is 20.3. The van der Waals surface area contributed by atoms with Gasteiger partial charge in [-0.1, -0.05) is 0 Å². The van der Waals surface area contributed by atoms with Crippen molar-refractivity contribution in [2.24, 2.45) is 0 Å². The Morgan fingerprint density at radius 1 is 1.29 bits per heavy atom. The van der Waals surface area contributed by atoms with Crippen molar-refractivity contribution in [3.8, 4) is 0 Å². The molecule has 1 atom stereocenters. The van der Waals surface area contributed by atoms with Crippen LogP contribution in [0.1, 0.15) is 41.0 Å². The molecule has 0 amide bonds. The second-order valence-electron chi connectivity index (χ2n) is 4.93. The van der Waals surface area contributed by atoms with Crippen molar-refractivity contribution in [3.05, 3.63) is 28.3 Å². The van der Waals surface area contributed by atoms with Crippen molar-refractivity contribution >= 4 is 9.04 Å². The predicted octanol–water partition coefficient (Wildman–Crippen LogP) is 2.20. The molecule has 0 spiro atoms. The number of carbonyl (C=O) groups excluding carboxylic acids is 1. The van der Waals surface area contributed by atoms with E-state index < -0.39 is 0 Å². The van der Waals surface area contributed by atoms with E-state index in [1.807, 2.05) is 0 Å². The van der Waals surface area contributed by atoms with Gasteiger partial charge in [-0.05, 0) is 0 Å². The number of cyclic esters (lactones) is 1. The molecule has 1 heterocycles. The maximum absolute atomic E-state index is 11.1. The molecule has 0 aromatic heterocycles. The van der Waals surface area contributed by atoms with Crippen LogP contribution in [0.15, 0.2) is 6.07 Å². The van der Waals surface area contributed by atoms with E-state index in [1.54, 1.807) is 0 Å². The molecule has 1 aliphatic heterocycles. The van der Waals surface area contributed by atoms with E-state index in [9.17, 15) is 4.79 Å². The summed E-state index contributed by atoms with van der Waals surface area (Å²) >= 11 is 0.674. The van der Waals surface area contributed by atoms with Crippen LogP contribution in [0.2, 0.25) is 0 Å². The Morgan fingerprint density at radius 3 is 2.59 bits per heavy atom. The fourth-order valence-corrected chi connectivity index (χ4v) is 4.90. The number of rotatable bonds is 1. The zero-order chi connectivity index (χ0) is 12.6. The van der Waals surface area contributed by atoms with Crippen LogP contribution in [0.3, 0.4) is 0 Å². The van der Waals surface area contributed by atoms with E-state index in [0.717, 1.165) is 6.42 Å². The fourth-order valence-electron chi connectivity index (χ4n) is 2.68. The summed E-state index contributed by atoms with van der Waals surface area (Å²) in [5.74, 6) is 0.357. The van der Waals surface area contributed by atoms with Gasteiger partial charge in [-0.2, -0.15) is 0 Å². The zero-order valence-corrected chi connectivity index (χ0v) is 16.3. The second kappa shape index (κ2) is 5.09. The molecule has 2 nitrogen and oxygen atoms in total. The molecular weight excluding hydrogens is 401 g/mol. The van der Waals surface area contributed by atoms with Gasteiger partial charge in [0.1, 0.15) is 0 Å². The molecule has 2 rings (SSSR count). The predicted molar refractivity (Wildman–Crippen MR) is 63.2 cm³/mol. The Kier molecular flexibility index (Phi) is 3.91. The first-order valence-corrected chi connectivity index (χ1v) is 8.84. The minimum absolute atomic E-state index is 0.0456. The summed E-state index contributed by atoms with van der Waals surface area (Å²) in [6.45, 7) is 7.18. The van der Waals surface area contributed by atoms with Gasteiger partial charge in [0.05, 0.1) is 0 Å². The van der Waals surface area contributed by atoms with Gasteiger partial charge in [0.15, 0.2) is 0 Å². The van der Waals surface area contributed by atoms with Crippen LogP contribution in [-0.2, 0) is 35.7 Å². The Hall–Kier alpha value is -0.375. The van der Waals surface area contributed by atoms with Crippen LogP contribution in [0, 0.1) is 20.8 Å². The van der Waals surface area contributed by atoms with Crippen molar-refractivity contribution in [1.29, 1.82) is 0 Å². The first-order valence-electron chi connectivity index (χ1n) is 6.09. The van der Waals surface area contributed by atoms with Crippen LogP contribution >= 0.6 is 0 Å². The van der Waals surface area contributed by atoms with Crippen LogP contribution < -0.4 is 3.07 Å². The molecule has 1 aliphatic rings. The molecule has 1 saturated heterocycles. The van der Waals surface area contributed by atoms with E-state index in [1.165, 1.54) is 25.3 Å². The number of carbonyl (C=O) groups is 1. The first kappa shape index (κ1) is 13.1. The quantitative estimate of drug-likeness (QED) is 0.517. The average Bonchev–Trinajstić information content (AvgIpc) is 2.29. The Morgan fingerprint density at radius 2 is 2.00 bits per heavy atom. The molecule has 3 heteroatoms. The summed E-state index contributed by atoms with van der Waals surface area (Å²) in [4.78, 5) is 11.1. The van der Waals surface area contributed by atoms with E-state index in [-0.39, 0.29) is 5.97 Å². The van der Waals surface area contributed by atoms with Gasteiger partial charge < -0.3 is 0 Å².